The molecule has 0 saturated heterocycles. The van der Waals surface area contributed by atoms with Crippen LogP contribution in [-0.4, -0.2) is 23.3 Å². The molecule has 1 aromatic heterocycles. The van der Waals surface area contributed by atoms with Gasteiger partial charge in [0.05, 0.1) is 19.3 Å². The van der Waals surface area contributed by atoms with E-state index in [1.165, 1.54) is 0 Å². The van der Waals surface area contributed by atoms with Crippen LogP contribution in [0.4, 0.5) is 0 Å². The fourth-order valence-electron chi connectivity index (χ4n) is 1.98. The molecule has 0 atom stereocenters. The monoisotopic (exact) mass is 246 g/mol. The summed E-state index contributed by atoms with van der Waals surface area (Å²) in [5.74, 6) is 2.39. The molecule has 0 spiro atoms. The maximum atomic E-state index is 5.58. The van der Waals surface area contributed by atoms with E-state index in [1.807, 2.05) is 31.3 Å². The number of rotatable bonds is 5. The maximum absolute atomic E-state index is 5.58. The molecule has 0 unspecified atom stereocenters. The highest BCUT2D eigenvalue weighted by molar-refractivity contribution is 5.69. The predicted molar refractivity (Wildman–Crippen MR) is 71.1 cm³/mol. The van der Waals surface area contributed by atoms with Crippen molar-refractivity contribution in [2.75, 3.05) is 13.7 Å². The molecule has 0 N–H and O–H groups in total. The maximum Gasteiger partial charge on any atom is 0.171 e. The molecule has 0 amide bonds. The van der Waals surface area contributed by atoms with Crippen LogP contribution in [0.2, 0.25) is 0 Å². The average Bonchev–Trinajstić information content (AvgIpc) is 2.87. The molecular formula is C14H18N2O2. The Balaban J connectivity index is 2.53. The van der Waals surface area contributed by atoms with Gasteiger partial charge in [0.15, 0.2) is 11.5 Å². The van der Waals surface area contributed by atoms with Crippen molar-refractivity contribution in [2.24, 2.45) is 0 Å². The third-order valence-corrected chi connectivity index (χ3v) is 2.78. The molecule has 0 aliphatic heterocycles. The number of imidazole rings is 1. The standard InChI is InChI=1S/C14H18N2O2/c1-4-16-10-9-15-14(16)11-7-6-8-12(18-5-2)13(11)17-3/h6-10H,4-5H2,1-3H3. The second-order valence-corrected chi connectivity index (χ2v) is 3.81. The molecule has 2 rings (SSSR count). The molecule has 2 aromatic rings. The van der Waals surface area contributed by atoms with Crippen LogP contribution in [0.3, 0.4) is 0 Å². The number of benzene rings is 1. The average molecular weight is 246 g/mol. The summed E-state index contributed by atoms with van der Waals surface area (Å²) < 4.78 is 13.1. The zero-order valence-electron chi connectivity index (χ0n) is 11.0. The number of hydrogen-bond acceptors (Lipinski definition) is 3. The summed E-state index contributed by atoms with van der Waals surface area (Å²) in [5, 5.41) is 0. The smallest absolute Gasteiger partial charge is 0.171 e. The van der Waals surface area contributed by atoms with Gasteiger partial charge in [-0.05, 0) is 26.0 Å². The molecule has 0 saturated carbocycles. The van der Waals surface area contributed by atoms with Gasteiger partial charge in [-0.1, -0.05) is 6.07 Å². The lowest BCUT2D eigenvalue weighted by molar-refractivity contribution is 0.311. The van der Waals surface area contributed by atoms with Crippen LogP contribution in [0.25, 0.3) is 11.4 Å². The van der Waals surface area contributed by atoms with Gasteiger partial charge in [-0.3, -0.25) is 0 Å². The van der Waals surface area contributed by atoms with Crippen molar-refractivity contribution in [2.45, 2.75) is 20.4 Å². The summed E-state index contributed by atoms with van der Waals surface area (Å²) in [4.78, 5) is 4.39. The van der Waals surface area contributed by atoms with Crippen molar-refractivity contribution in [3.05, 3.63) is 30.6 Å². The van der Waals surface area contributed by atoms with Crippen LogP contribution in [0, 0.1) is 0 Å². The lowest BCUT2D eigenvalue weighted by atomic mass is 10.1. The quantitative estimate of drug-likeness (QED) is 0.813. The highest BCUT2D eigenvalue weighted by atomic mass is 16.5. The SMILES string of the molecule is CCOc1cccc(-c2nccn2CC)c1OC. The van der Waals surface area contributed by atoms with E-state index in [0.717, 1.165) is 29.4 Å². The van der Waals surface area contributed by atoms with Crippen LogP contribution in [-0.2, 0) is 6.54 Å². The molecule has 0 fully saturated rings. The van der Waals surface area contributed by atoms with E-state index in [4.69, 9.17) is 9.47 Å². The van der Waals surface area contributed by atoms with Crippen molar-refractivity contribution in [3.63, 3.8) is 0 Å². The van der Waals surface area contributed by atoms with E-state index in [2.05, 4.69) is 16.5 Å². The van der Waals surface area contributed by atoms with Crippen LogP contribution in [0.15, 0.2) is 30.6 Å². The molecule has 0 bridgehead atoms. The van der Waals surface area contributed by atoms with Crippen molar-refractivity contribution in [3.8, 4) is 22.9 Å². The van der Waals surface area contributed by atoms with Gasteiger partial charge in [-0.25, -0.2) is 4.98 Å². The molecule has 1 aromatic carbocycles. The van der Waals surface area contributed by atoms with Crippen LogP contribution in [0.1, 0.15) is 13.8 Å². The molecule has 96 valence electrons. The second kappa shape index (κ2) is 5.58. The first-order chi connectivity index (χ1) is 8.81. The fraction of sp³-hybridized carbons (Fsp3) is 0.357. The normalized spacial score (nSPS) is 10.4. The van der Waals surface area contributed by atoms with E-state index >= 15 is 0 Å². The minimum Gasteiger partial charge on any atom is -0.492 e. The van der Waals surface area contributed by atoms with Crippen molar-refractivity contribution >= 4 is 0 Å². The Hall–Kier alpha value is -1.97. The Morgan fingerprint density at radius 2 is 2.11 bits per heavy atom. The lowest BCUT2D eigenvalue weighted by Crippen LogP contribution is -2.00. The summed E-state index contributed by atoms with van der Waals surface area (Å²) in [6.45, 7) is 5.53. The molecule has 0 aliphatic rings. The number of methoxy groups -OCH3 is 1. The minimum atomic E-state index is 0.613. The first-order valence-corrected chi connectivity index (χ1v) is 6.13. The number of ether oxygens (including phenoxy) is 2. The predicted octanol–water partition coefficient (Wildman–Crippen LogP) is 2.98. The summed E-state index contributed by atoms with van der Waals surface area (Å²) in [6, 6.07) is 5.86. The Morgan fingerprint density at radius 3 is 2.78 bits per heavy atom. The third-order valence-electron chi connectivity index (χ3n) is 2.78. The first-order valence-electron chi connectivity index (χ1n) is 6.13. The zero-order valence-corrected chi connectivity index (χ0v) is 11.0. The van der Waals surface area contributed by atoms with Gasteiger partial charge < -0.3 is 14.0 Å². The molecule has 1 heterocycles. The summed E-state index contributed by atoms with van der Waals surface area (Å²) in [6.07, 6.45) is 3.76. The molecule has 4 heteroatoms. The Morgan fingerprint density at radius 1 is 1.28 bits per heavy atom. The van der Waals surface area contributed by atoms with Crippen LogP contribution in [0.5, 0.6) is 11.5 Å². The van der Waals surface area contributed by atoms with Crippen LogP contribution < -0.4 is 9.47 Å². The number of aryl methyl sites for hydroxylation is 1. The third kappa shape index (κ3) is 2.18. The van der Waals surface area contributed by atoms with Gasteiger partial charge in [0, 0.05) is 18.9 Å². The Kier molecular flexibility index (Phi) is 3.87. The Bertz CT molecular complexity index is 520. The van der Waals surface area contributed by atoms with Gasteiger partial charge in [-0.2, -0.15) is 0 Å². The summed E-state index contributed by atoms with van der Waals surface area (Å²) in [5.41, 5.74) is 0.954. The number of hydrogen-bond donors (Lipinski definition) is 0. The van der Waals surface area contributed by atoms with Gasteiger partial charge in [0.2, 0.25) is 0 Å². The summed E-state index contributed by atoms with van der Waals surface area (Å²) >= 11 is 0. The highest BCUT2D eigenvalue weighted by Crippen LogP contribution is 2.37. The minimum absolute atomic E-state index is 0.613. The molecule has 0 aliphatic carbocycles. The fourth-order valence-corrected chi connectivity index (χ4v) is 1.98. The van der Waals surface area contributed by atoms with Gasteiger partial charge in [0.25, 0.3) is 0 Å². The number of nitrogens with zero attached hydrogens (tertiary/aromatic N) is 2. The lowest BCUT2D eigenvalue weighted by Gasteiger charge is -2.14. The van der Waals surface area contributed by atoms with Crippen LogP contribution >= 0.6 is 0 Å². The first kappa shape index (κ1) is 12.5. The largest absolute Gasteiger partial charge is 0.492 e. The highest BCUT2D eigenvalue weighted by Gasteiger charge is 2.15. The zero-order chi connectivity index (χ0) is 13.0. The topological polar surface area (TPSA) is 36.3 Å². The molecule has 4 nitrogen and oxygen atoms in total. The second-order valence-electron chi connectivity index (χ2n) is 3.81. The van der Waals surface area contributed by atoms with Crippen molar-refractivity contribution in [1.82, 2.24) is 9.55 Å². The van der Waals surface area contributed by atoms with Crippen molar-refractivity contribution < 1.29 is 9.47 Å². The van der Waals surface area contributed by atoms with Crippen molar-refractivity contribution in [1.29, 1.82) is 0 Å². The van der Waals surface area contributed by atoms with Gasteiger partial charge in [0.1, 0.15) is 5.82 Å². The van der Waals surface area contributed by atoms with E-state index in [1.54, 1.807) is 13.3 Å². The van der Waals surface area contributed by atoms with Gasteiger partial charge in [-0.15, -0.1) is 0 Å². The number of para-hydroxylation sites is 1. The van der Waals surface area contributed by atoms with E-state index in [-0.39, 0.29) is 0 Å². The van der Waals surface area contributed by atoms with Gasteiger partial charge >= 0.3 is 0 Å². The Labute approximate surface area is 107 Å². The van der Waals surface area contributed by atoms with E-state index in [9.17, 15) is 0 Å². The molecule has 18 heavy (non-hydrogen) atoms. The van der Waals surface area contributed by atoms with E-state index in [0.29, 0.717) is 6.61 Å². The summed E-state index contributed by atoms with van der Waals surface area (Å²) in [7, 11) is 1.65. The van der Waals surface area contributed by atoms with E-state index < -0.39 is 0 Å². The molecule has 0 radical (unpaired) electrons. The molecular weight excluding hydrogens is 228 g/mol. The number of aromatic nitrogens is 2.